The summed E-state index contributed by atoms with van der Waals surface area (Å²) in [5.41, 5.74) is 2.41. The van der Waals surface area contributed by atoms with Crippen LogP contribution in [0.5, 0.6) is 0 Å². The zero-order valence-corrected chi connectivity index (χ0v) is 18.0. The highest BCUT2D eigenvalue weighted by molar-refractivity contribution is 9.10. The molecule has 0 heterocycles. The van der Waals surface area contributed by atoms with Gasteiger partial charge in [0.25, 0.3) is 5.91 Å². The van der Waals surface area contributed by atoms with Gasteiger partial charge in [0, 0.05) is 44.3 Å². The Morgan fingerprint density at radius 3 is 2.50 bits per heavy atom. The standard InChI is InChI=1S/C21H26BrFN4O/c1-24-21(26-12-10-16-14-18(22)7-8-19(16)23)25-11-9-15-5-4-6-17(13-15)20(28)27(2)3/h4-8,13-14H,9-12H2,1-3H3,(H2,24,25,26). The van der Waals surface area contributed by atoms with Crippen LogP contribution in [0.2, 0.25) is 0 Å². The second kappa shape index (κ2) is 10.8. The fraction of sp³-hybridized carbons (Fsp3) is 0.333. The lowest BCUT2D eigenvalue weighted by Gasteiger charge is -2.13. The fourth-order valence-corrected chi connectivity index (χ4v) is 3.12. The van der Waals surface area contributed by atoms with Crippen LogP contribution in [-0.4, -0.2) is 51.0 Å². The minimum atomic E-state index is -0.208. The third-order valence-electron chi connectivity index (χ3n) is 4.20. The van der Waals surface area contributed by atoms with E-state index in [1.165, 1.54) is 6.07 Å². The van der Waals surface area contributed by atoms with Gasteiger partial charge < -0.3 is 15.5 Å². The molecule has 1 amide bonds. The summed E-state index contributed by atoms with van der Waals surface area (Å²) in [5.74, 6) is 0.447. The van der Waals surface area contributed by atoms with E-state index < -0.39 is 0 Å². The first-order valence-electron chi connectivity index (χ1n) is 9.09. The molecule has 2 aromatic rings. The molecule has 7 heteroatoms. The van der Waals surface area contributed by atoms with Crippen molar-refractivity contribution in [3.8, 4) is 0 Å². The van der Waals surface area contributed by atoms with Crippen molar-refractivity contribution < 1.29 is 9.18 Å². The van der Waals surface area contributed by atoms with Crippen molar-refractivity contribution in [1.82, 2.24) is 15.5 Å². The highest BCUT2D eigenvalue weighted by Gasteiger charge is 2.08. The van der Waals surface area contributed by atoms with Gasteiger partial charge in [-0.3, -0.25) is 9.79 Å². The normalized spacial score (nSPS) is 11.2. The summed E-state index contributed by atoms with van der Waals surface area (Å²) < 4.78 is 14.6. The largest absolute Gasteiger partial charge is 0.356 e. The van der Waals surface area contributed by atoms with Crippen molar-refractivity contribution in [2.45, 2.75) is 12.8 Å². The number of hydrogen-bond acceptors (Lipinski definition) is 2. The van der Waals surface area contributed by atoms with Crippen molar-refractivity contribution in [3.63, 3.8) is 0 Å². The third kappa shape index (κ3) is 6.64. The molecule has 150 valence electrons. The van der Waals surface area contributed by atoms with Crippen molar-refractivity contribution in [2.75, 3.05) is 34.2 Å². The Kier molecular flexibility index (Phi) is 8.44. The molecule has 0 aliphatic rings. The number of amides is 1. The number of aliphatic imine (C=N–C) groups is 1. The van der Waals surface area contributed by atoms with Crippen molar-refractivity contribution in [1.29, 1.82) is 0 Å². The molecule has 0 radical (unpaired) electrons. The highest BCUT2D eigenvalue weighted by atomic mass is 79.9. The van der Waals surface area contributed by atoms with Gasteiger partial charge in [-0.15, -0.1) is 0 Å². The summed E-state index contributed by atoms with van der Waals surface area (Å²) in [6, 6.07) is 12.6. The van der Waals surface area contributed by atoms with E-state index in [1.807, 2.05) is 24.3 Å². The van der Waals surface area contributed by atoms with Gasteiger partial charge in [-0.05, 0) is 54.3 Å². The van der Waals surface area contributed by atoms with Crippen LogP contribution in [0.1, 0.15) is 21.5 Å². The second-order valence-corrected chi connectivity index (χ2v) is 7.48. The maximum absolute atomic E-state index is 13.8. The molecular weight excluding hydrogens is 423 g/mol. The minimum absolute atomic E-state index is 0.00735. The SMILES string of the molecule is CN=C(NCCc1cccc(C(=O)N(C)C)c1)NCCc1cc(Br)ccc1F. The van der Waals surface area contributed by atoms with Crippen molar-refractivity contribution in [2.24, 2.45) is 4.99 Å². The Morgan fingerprint density at radius 1 is 1.11 bits per heavy atom. The van der Waals surface area contributed by atoms with Crippen molar-refractivity contribution in [3.05, 3.63) is 69.4 Å². The molecule has 0 saturated carbocycles. The molecule has 2 rings (SSSR count). The van der Waals surface area contributed by atoms with Gasteiger partial charge in [0.15, 0.2) is 5.96 Å². The predicted octanol–water partition coefficient (Wildman–Crippen LogP) is 3.24. The first-order valence-corrected chi connectivity index (χ1v) is 9.89. The monoisotopic (exact) mass is 448 g/mol. The van der Waals surface area contributed by atoms with Gasteiger partial charge in [0.05, 0.1) is 0 Å². The molecule has 0 atom stereocenters. The number of nitrogens with zero attached hydrogens (tertiary/aromatic N) is 2. The summed E-state index contributed by atoms with van der Waals surface area (Å²) in [4.78, 5) is 17.8. The van der Waals surface area contributed by atoms with Gasteiger partial charge >= 0.3 is 0 Å². The highest BCUT2D eigenvalue weighted by Crippen LogP contribution is 2.15. The first kappa shape index (κ1) is 21.9. The molecule has 0 saturated heterocycles. The number of halogens is 2. The molecule has 2 N–H and O–H groups in total. The fourth-order valence-electron chi connectivity index (χ4n) is 2.71. The Labute approximate surface area is 174 Å². The number of carbonyl (C=O) groups excluding carboxylic acids is 1. The number of nitrogens with one attached hydrogen (secondary N) is 2. The van der Waals surface area contributed by atoms with E-state index in [0.29, 0.717) is 36.6 Å². The lowest BCUT2D eigenvalue weighted by molar-refractivity contribution is 0.0827. The summed E-state index contributed by atoms with van der Waals surface area (Å²) >= 11 is 3.36. The van der Waals surface area contributed by atoms with Crippen molar-refractivity contribution >= 4 is 27.8 Å². The van der Waals surface area contributed by atoms with E-state index in [1.54, 1.807) is 38.2 Å². The van der Waals surface area contributed by atoms with Crippen LogP contribution >= 0.6 is 15.9 Å². The molecule has 2 aromatic carbocycles. The lowest BCUT2D eigenvalue weighted by atomic mass is 10.1. The second-order valence-electron chi connectivity index (χ2n) is 6.56. The molecule has 0 bridgehead atoms. The number of guanidine groups is 1. The van der Waals surface area contributed by atoms with Crippen LogP contribution in [0, 0.1) is 5.82 Å². The van der Waals surface area contributed by atoms with Gasteiger partial charge in [-0.1, -0.05) is 28.1 Å². The summed E-state index contributed by atoms with van der Waals surface area (Å²) in [6.45, 7) is 1.24. The van der Waals surface area contributed by atoms with E-state index in [4.69, 9.17) is 0 Å². The molecule has 0 aromatic heterocycles. The molecule has 0 spiro atoms. The maximum Gasteiger partial charge on any atom is 0.253 e. The Hall–Kier alpha value is -2.41. The smallest absolute Gasteiger partial charge is 0.253 e. The minimum Gasteiger partial charge on any atom is -0.356 e. The van der Waals surface area contributed by atoms with Gasteiger partial charge in [0.2, 0.25) is 0 Å². The number of rotatable bonds is 7. The molecular formula is C21H26BrFN4O. The van der Waals surface area contributed by atoms with E-state index in [0.717, 1.165) is 16.5 Å². The van der Waals surface area contributed by atoms with Crippen LogP contribution in [0.25, 0.3) is 0 Å². The van der Waals surface area contributed by atoms with Gasteiger partial charge in [-0.25, -0.2) is 4.39 Å². The number of carbonyl (C=O) groups is 1. The topological polar surface area (TPSA) is 56.7 Å². The van der Waals surface area contributed by atoms with Gasteiger partial charge in [0.1, 0.15) is 5.82 Å². The van der Waals surface area contributed by atoms with Crippen LogP contribution in [0.15, 0.2) is 51.9 Å². The quantitative estimate of drug-likeness (QED) is 0.504. The zero-order chi connectivity index (χ0) is 20.5. The number of benzene rings is 2. The van der Waals surface area contributed by atoms with E-state index >= 15 is 0 Å². The third-order valence-corrected chi connectivity index (χ3v) is 4.70. The summed E-state index contributed by atoms with van der Waals surface area (Å²) in [6.07, 6.45) is 1.32. The Bertz CT molecular complexity index is 839. The predicted molar refractivity (Wildman–Crippen MR) is 115 cm³/mol. The van der Waals surface area contributed by atoms with Crippen LogP contribution in [0.3, 0.4) is 0 Å². The molecule has 5 nitrogen and oxygen atoms in total. The number of hydrogen-bond donors (Lipinski definition) is 2. The van der Waals surface area contributed by atoms with Gasteiger partial charge in [-0.2, -0.15) is 0 Å². The Balaban J connectivity index is 1.80. The molecule has 0 fully saturated rings. The average Bonchev–Trinajstić information content (AvgIpc) is 2.68. The van der Waals surface area contributed by atoms with Crippen LogP contribution in [-0.2, 0) is 12.8 Å². The summed E-state index contributed by atoms with van der Waals surface area (Å²) in [5, 5.41) is 6.43. The average molecular weight is 449 g/mol. The molecule has 28 heavy (non-hydrogen) atoms. The first-order chi connectivity index (χ1) is 13.4. The van der Waals surface area contributed by atoms with E-state index in [2.05, 4.69) is 31.6 Å². The maximum atomic E-state index is 13.8. The Morgan fingerprint density at radius 2 is 1.82 bits per heavy atom. The molecule has 0 unspecified atom stereocenters. The molecule has 0 aliphatic heterocycles. The van der Waals surface area contributed by atoms with Crippen LogP contribution in [0.4, 0.5) is 4.39 Å². The molecule has 0 aliphatic carbocycles. The van der Waals surface area contributed by atoms with Crippen LogP contribution < -0.4 is 10.6 Å². The lowest BCUT2D eigenvalue weighted by Crippen LogP contribution is -2.39. The summed E-state index contributed by atoms with van der Waals surface area (Å²) in [7, 11) is 5.18. The van der Waals surface area contributed by atoms with E-state index in [-0.39, 0.29) is 11.7 Å². The zero-order valence-electron chi connectivity index (χ0n) is 16.4. The van der Waals surface area contributed by atoms with E-state index in [9.17, 15) is 9.18 Å².